The van der Waals surface area contributed by atoms with Crippen LogP contribution < -0.4 is 16.0 Å². The number of anilines is 4. The molecule has 0 radical (unpaired) electrons. The molecule has 1 saturated carbocycles. The van der Waals surface area contributed by atoms with Gasteiger partial charge >= 0.3 is 0 Å². The number of aliphatic hydroxyl groups is 1. The molecule has 1 fully saturated rings. The summed E-state index contributed by atoms with van der Waals surface area (Å²) in [6.07, 6.45) is 4.40. The van der Waals surface area contributed by atoms with Crippen molar-refractivity contribution in [2.45, 2.75) is 25.2 Å². The summed E-state index contributed by atoms with van der Waals surface area (Å²) in [5.74, 6) is 1.64. The molecule has 0 bridgehead atoms. The van der Waals surface area contributed by atoms with Crippen LogP contribution in [0, 0.1) is 0 Å². The van der Waals surface area contributed by atoms with E-state index in [-0.39, 0.29) is 22.2 Å². The van der Waals surface area contributed by atoms with Gasteiger partial charge in [-0.25, -0.2) is 9.97 Å². The number of carbonyl (C=O) groups is 1. The fourth-order valence-corrected chi connectivity index (χ4v) is 3.66. The van der Waals surface area contributed by atoms with E-state index in [9.17, 15) is 4.79 Å². The summed E-state index contributed by atoms with van der Waals surface area (Å²) in [5.41, 5.74) is 1.71. The number of nitrogens with one attached hydrogen (secondary N) is 3. The molecule has 0 saturated heterocycles. The molecule has 2 heterocycles. The van der Waals surface area contributed by atoms with Gasteiger partial charge < -0.3 is 21.1 Å². The van der Waals surface area contributed by atoms with Gasteiger partial charge in [0.1, 0.15) is 11.6 Å². The zero-order chi connectivity index (χ0) is 22.5. The molecule has 0 unspecified atom stereocenters. The number of aliphatic hydroxyl groups excluding tert-OH is 1. The second-order valence-corrected chi connectivity index (χ2v) is 8.20. The van der Waals surface area contributed by atoms with Crippen molar-refractivity contribution in [3.63, 3.8) is 0 Å². The highest BCUT2D eigenvalue weighted by Crippen LogP contribution is 2.40. The molecule has 1 amide bonds. The average Bonchev–Trinajstić information content (AvgIpc) is 3.59. The van der Waals surface area contributed by atoms with Crippen LogP contribution in [-0.2, 0) is 0 Å². The first-order valence-electron chi connectivity index (χ1n) is 10.3. The first kappa shape index (κ1) is 22.3. The lowest BCUT2D eigenvalue weighted by Crippen LogP contribution is -2.13. The van der Waals surface area contributed by atoms with E-state index in [1.54, 1.807) is 36.5 Å². The molecule has 1 aliphatic carbocycles. The number of benzene rings is 1. The van der Waals surface area contributed by atoms with Gasteiger partial charge in [0.15, 0.2) is 0 Å². The van der Waals surface area contributed by atoms with Crippen LogP contribution in [0.1, 0.15) is 41.2 Å². The zero-order valence-corrected chi connectivity index (χ0v) is 18.6. The van der Waals surface area contributed by atoms with Gasteiger partial charge in [-0.15, -0.1) is 0 Å². The Morgan fingerprint density at radius 1 is 1.09 bits per heavy atom. The van der Waals surface area contributed by atoms with Crippen molar-refractivity contribution in [1.82, 2.24) is 15.0 Å². The van der Waals surface area contributed by atoms with Crippen LogP contribution in [-0.4, -0.2) is 39.1 Å². The van der Waals surface area contributed by atoms with Crippen LogP contribution in [0.4, 0.5) is 23.3 Å². The Kier molecular flexibility index (Phi) is 7.04. The standard InChI is InChI=1S/C22H22Cl2N6O2/c23-15-3-1-4-16(24)20(15)21(32)27-14-7-9-25-18(11-14)29-19-12-17(13-5-6-13)28-22(30-19)26-8-2-10-31/h1,3-4,7,9,11-13,31H,2,5-6,8,10H2,(H3,25,26,27,28,29,30,32). The number of amides is 1. The maximum absolute atomic E-state index is 12.7. The lowest BCUT2D eigenvalue weighted by molar-refractivity contribution is 0.102. The average molecular weight is 473 g/mol. The Balaban J connectivity index is 1.50. The van der Waals surface area contributed by atoms with Crippen molar-refractivity contribution in [3.8, 4) is 0 Å². The normalized spacial score (nSPS) is 13.0. The number of pyridine rings is 1. The summed E-state index contributed by atoms with van der Waals surface area (Å²) in [4.78, 5) is 26.0. The maximum atomic E-state index is 12.7. The summed E-state index contributed by atoms with van der Waals surface area (Å²) in [5, 5.41) is 18.7. The molecule has 32 heavy (non-hydrogen) atoms. The van der Waals surface area contributed by atoms with E-state index in [4.69, 9.17) is 28.3 Å². The van der Waals surface area contributed by atoms with Gasteiger partial charge in [-0.3, -0.25) is 4.79 Å². The van der Waals surface area contributed by atoms with Gasteiger partial charge in [-0.2, -0.15) is 4.98 Å². The van der Waals surface area contributed by atoms with Crippen LogP contribution in [0.3, 0.4) is 0 Å². The monoisotopic (exact) mass is 472 g/mol. The number of aromatic nitrogens is 3. The fraction of sp³-hybridized carbons (Fsp3) is 0.273. The van der Waals surface area contributed by atoms with Crippen molar-refractivity contribution < 1.29 is 9.90 Å². The quantitative estimate of drug-likeness (QED) is 0.329. The highest BCUT2D eigenvalue weighted by Gasteiger charge is 2.26. The second kappa shape index (κ2) is 10.1. The molecule has 166 valence electrons. The molecule has 1 aromatic carbocycles. The second-order valence-electron chi connectivity index (χ2n) is 7.39. The summed E-state index contributed by atoms with van der Waals surface area (Å²) in [7, 11) is 0. The molecule has 0 aliphatic heterocycles. The predicted octanol–water partition coefficient (Wildman–Crippen LogP) is 4.85. The third kappa shape index (κ3) is 5.64. The summed E-state index contributed by atoms with van der Waals surface area (Å²) >= 11 is 12.3. The van der Waals surface area contributed by atoms with E-state index >= 15 is 0 Å². The lowest BCUT2D eigenvalue weighted by atomic mass is 10.2. The topological polar surface area (TPSA) is 112 Å². The first-order valence-corrected chi connectivity index (χ1v) is 11.0. The van der Waals surface area contributed by atoms with E-state index in [0.717, 1.165) is 18.5 Å². The van der Waals surface area contributed by atoms with E-state index < -0.39 is 5.91 Å². The van der Waals surface area contributed by atoms with Crippen LogP contribution in [0.15, 0.2) is 42.6 Å². The van der Waals surface area contributed by atoms with Gasteiger partial charge in [0.05, 0.1) is 21.3 Å². The molecular weight excluding hydrogens is 451 g/mol. The fourth-order valence-electron chi connectivity index (χ4n) is 3.09. The number of halogens is 2. The Morgan fingerprint density at radius 3 is 2.59 bits per heavy atom. The van der Waals surface area contributed by atoms with E-state index in [1.165, 1.54) is 0 Å². The van der Waals surface area contributed by atoms with Crippen molar-refractivity contribution in [1.29, 1.82) is 0 Å². The Hall–Kier alpha value is -2.94. The predicted molar refractivity (Wildman–Crippen MR) is 126 cm³/mol. The number of hydrogen-bond donors (Lipinski definition) is 4. The molecule has 2 aromatic heterocycles. The number of carbonyl (C=O) groups excluding carboxylic acids is 1. The molecule has 4 rings (SSSR count). The Labute approximate surface area is 195 Å². The van der Waals surface area contributed by atoms with Gasteiger partial charge in [0, 0.05) is 43.1 Å². The Morgan fingerprint density at radius 2 is 1.88 bits per heavy atom. The van der Waals surface area contributed by atoms with Crippen LogP contribution in [0.2, 0.25) is 10.0 Å². The molecule has 10 heteroatoms. The molecule has 1 aliphatic rings. The highest BCUT2D eigenvalue weighted by molar-refractivity contribution is 6.40. The molecular formula is C22H22Cl2N6O2. The number of nitrogens with zero attached hydrogens (tertiary/aromatic N) is 3. The van der Waals surface area contributed by atoms with Crippen LogP contribution in [0.25, 0.3) is 0 Å². The minimum atomic E-state index is -0.411. The smallest absolute Gasteiger partial charge is 0.258 e. The van der Waals surface area contributed by atoms with Gasteiger partial charge in [-0.05, 0) is 37.5 Å². The number of rotatable bonds is 9. The van der Waals surface area contributed by atoms with E-state index in [2.05, 4.69) is 30.9 Å². The third-order valence-electron chi connectivity index (χ3n) is 4.82. The van der Waals surface area contributed by atoms with Crippen molar-refractivity contribution in [2.75, 3.05) is 29.1 Å². The Bertz CT molecular complexity index is 1100. The van der Waals surface area contributed by atoms with E-state index in [1.807, 2.05) is 6.07 Å². The van der Waals surface area contributed by atoms with Crippen molar-refractivity contribution in [3.05, 3.63) is 63.9 Å². The molecule has 0 atom stereocenters. The first-order chi connectivity index (χ1) is 15.5. The molecule has 3 aromatic rings. The van der Waals surface area contributed by atoms with Gasteiger partial charge in [0.25, 0.3) is 5.91 Å². The van der Waals surface area contributed by atoms with Crippen molar-refractivity contribution >= 4 is 52.4 Å². The highest BCUT2D eigenvalue weighted by atomic mass is 35.5. The zero-order valence-electron chi connectivity index (χ0n) is 17.1. The van der Waals surface area contributed by atoms with Crippen molar-refractivity contribution in [2.24, 2.45) is 0 Å². The maximum Gasteiger partial charge on any atom is 0.258 e. The minimum Gasteiger partial charge on any atom is -0.396 e. The van der Waals surface area contributed by atoms with Crippen LogP contribution >= 0.6 is 23.2 Å². The third-order valence-corrected chi connectivity index (χ3v) is 5.45. The largest absolute Gasteiger partial charge is 0.396 e. The number of hydrogen-bond acceptors (Lipinski definition) is 7. The minimum absolute atomic E-state index is 0.0995. The lowest BCUT2D eigenvalue weighted by Gasteiger charge is -2.12. The summed E-state index contributed by atoms with van der Waals surface area (Å²) < 4.78 is 0. The molecule has 8 nitrogen and oxygen atoms in total. The molecule has 4 N–H and O–H groups in total. The van der Waals surface area contributed by atoms with Gasteiger partial charge in [0.2, 0.25) is 5.95 Å². The summed E-state index contributed by atoms with van der Waals surface area (Å²) in [6, 6.07) is 10.2. The SMILES string of the molecule is O=C(Nc1ccnc(Nc2cc(C3CC3)nc(NCCCO)n2)c1)c1c(Cl)cccc1Cl. The van der Waals surface area contributed by atoms with Gasteiger partial charge in [-0.1, -0.05) is 29.3 Å². The van der Waals surface area contributed by atoms with E-state index in [0.29, 0.717) is 42.2 Å². The van der Waals surface area contributed by atoms with Crippen LogP contribution in [0.5, 0.6) is 0 Å². The molecule has 0 spiro atoms. The summed E-state index contributed by atoms with van der Waals surface area (Å²) in [6.45, 7) is 0.677.